The third-order valence-electron chi connectivity index (χ3n) is 6.31. The van der Waals surface area contributed by atoms with Gasteiger partial charge in [0.05, 0.1) is 12.0 Å². The lowest BCUT2D eigenvalue weighted by Crippen LogP contribution is -2.38. The molecular formula is C21H27N3O. The van der Waals surface area contributed by atoms with Crippen LogP contribution >= 0.6 is 0 Å². The van der Waals surface area contributed by atoms with Crippen molar-refractivity contribution >= 4 is 5.91 Å². The lowest BCUT2D eigenvalue weighted by atomic mass is 9.84. The number of hydrogen-bond donors (Lipinski definition) is 1. The number of rotatable bonds is 5. The number of hydrogen-bond acceptors (Lipinski definition) is 2. The van der Waals surface area contributed by atoms with E-state index in [9.17, 15) is 4.79 Å². The minimum Gasteiger partial charge on any atom is -0.348 e. The van der Waals surface area contributed by atoms with E-state index in [4.69, 9.17) is 0 Å². The van der Waals surface area contributed by atoms with E-state index in [0.717, 1.165) is 12.2 Å². The van der Waals surface area contributed by atoms with Gasteiger partial charge in [-0.15, -0.1) is 0 Å². The molecule has 2 saturated carbocycles. The van der Waals surface area contributed by atoms with E-state index in [0.29, 0.717) is 12.6 Å². The molecule has 1 spiro atoms. The second-order valence-corrected chi connectivity index (χ2v) is 7.96. The lowest BCUT2D eigenvalue weighted by molar-refractivity contribution is -0.124. The van der Waals surface area contributed by atoms with E-state index in [2.05, 4.69) is 53.0 Å². The Morgan fingerprint density at radius 2 is 1.96 bits per heavy atom. The Kier molecular flexibility index (Phi) is 3.94. The van der Waals surface area contributed by atoms with Crippen LogP contribution in [0.15, 0.2) is 42.7 Å². The van der Waals surface area contributed by atoms with Gasteiger partial charge in [0.2, 0.25) is 5.91 Å². The van der Waals surface area contributed by atoms with Crippen molar-refractivity contribution in [1.29, 1.82) is 0 Å². The summed E-state index contributed by atoms with van der Waals surface area (Å²) in [6, 6.07) is 10.7. The average molecular weight is 337 g/mol. The first kappa shape index (κ1) is 16.4. The number of amides is 1. The van der Waals surface area contributed by atoms with Crippen molar-refractivity contribution in [3.05, 3.63) is 54.1 Å². The van der Waals surface area contributed by atoms with Crippen LogP contribution in [0.5, 0.6) is 0 Å². The third-order valence-corrected chi connectivity index (χ3v) is 6.31. The highest BCUT2D eigenvalue weighted by Gasteiger charge is 2.72. The SMILES string of the molecule is CC(C)n1ccnc1CNC(=O)[C@]1(c2ccccc2)CC12CCCC2. The Labute approximate surface area is 149 Å². The fourth-order valence-corrected chi connectivity index (χ4v) is 4.96. The fraction of sp³-hybridized carbons (Fsp3) is 0.524. The summed E-state index contributed by atoms with van der Waals surface area (Å²) >= 11 is 0. The molecule has 0 unspecified atom stereocenters. The van der Waals surface area contributed by atoms with Crippen LogP contribution in [0.2, 0.25) is 0 Å². The molecule has 0 radical (unpaired) electrons. The Morgan fingerprint density at radius 1 is 1.24 bits per heavy atom. The van der Waals surface area contributed by atoms with Crippen molar-refractivity contribution in [2.75, 3.05) is 0 Å². The molecule has 1 atom stereocenters. The van der Waals surface area contributed by atoms with E-state index in [1.807, 2.05) is 18.5 Å². The van der Waals surface area contributed by atoms with Crippen LogP contribution in [0, 0.1) is 5.41 Å². The molecular weight excluding hydrogens is 310 g/mol. The van der Waals surface area contributed by atoms with Crippen LogP contribution in [-0.2, 0) is 16.8 Å². The summed E-state index contributed by atoms with van der Waals surface area (Å²) in [5.41, 5.74) is 1.04. The summed E-state index contributed by atoms with van der Waals surface area (Å²) in [6.45, 7) is 4.76. The topological polar surface area (TPSA) is 46.9 Å². The zero-order valence-electron chi connectivity index (χ0n) is 15.2. The molecule has 1 amide bonds. The lowest BCUT2D eigenvalue weighted by Gasteiger charge is -2.23. The van der Waals surface area contributed by atoms with Crippen LogP contribution in [0.25, 0.3) is 0 Å². The molecule has 1 aromatic heterocycles. The van der Waals surface area contributed by atoms with Gasteiger partial charge in [-0.1, -0.05) is 43.2 Å². The predicted octanol–water partition coefficient (Wildman–Crippen LogP) is 3.98. The first-order valence-corrected chi connectivity index (χ1v) is 9.45. The van der Waals surface area contributed by atoms with Gasteiger partial charge in [-0.05, 0) is 44.1 Å². The quantitative estimate of drug-likeness (QED) is 0.897. The number of aromatic nitrogens is 2. The smallest absolute Gasteiger partial charge is 0.231 e. The summed E-state index contributed by atoms with van der Waals surface area (Å²) in [5, 5.41) is 3.21. The zero-order valence-corrected chi connectivity index (χ0v) is 15.2. The summed E-state index contributed by atoms with van der Waals surface area (Å²) in [7, 11) is 0. The molecule has 25 heavy (non-hydrogen) atoms. The molecule has 0 aliphatic heterocycles. The van der Waals surface area contributed by atoms with Crippen LogP contribution in [0.4, 0.5) is 0 Å². The van der Waals surface area contributed by atoms with Gasteiger partial charge >= 0.3 is 0 Å². The van der Waals surface area contributed by atoms with Crippen molar-refractivity contribution in [1.82, 2.24) is 14.9 Å². The van der Waals surface area contributed by atoms with Crippen molar-refractivity contribution in [2.45, 2.75) is 64.0 Å². The standard InChI is InChI=1S/C21H27N3O/c1-16(2)24-13-12-22-18(24)14-23-19(25)21(17-8-4-3-5-9-17)15-20(21)10-6-7-11-20/h3-5,8-9,12-13,16H,6-7,10-11,14-15H2,1-2H3,(H,23,25)/t21-/m1/s1. The Morgan fingerprint density at radius 3 is 2.64 bits per heavy atom. The van der Waals surface area contributed by atoms with Gasteiger partial charge in [-0.2, -0.15) is 0 Å². The van der Waals surface area contributed by atoms with Crippen molar-refractivity contribution < 1.29 is 4.79 Å². The summed E-state index contributed by atoms with van der Waals surface area (Å²) in [5.74, 6) is 1.10. The van der Waals surface area contributed by atoms with E-state index in [1.165, 1.54) is 31.2 Å². The molecule has 4 heteroatoms. The van der Waals surface area contributed by atoms with Crippen molar-refractivity contribution in [3.8, 4) is 0 Å². The minimum absolute atomic E-state index is 0.180. The first-order chi connectivity index (χ1) is 12.1. The van der Waals surface area contributed by atoms with Gasteiger partial charge in [0, 0.05) is 18.4 Å². The predicted molar refractivity (Wildman–Crippen MR) is 98.1 cm³/mol. The average Bonchev–Trinajstić information content (AvgIpc) is 2.97. The molecule has 0 saturated heterocycles. The monoisotopic (exact) mass is 337 g/mol. The summed E-state index contributed by atoms with van der Waals surface area (Å²) in [6.07, 6.45) is 9.64. The molecule has 1 aromatic carbocycles. The second-order valence-electron chi connectivity index (χ2n) is 7.96. The molecule has 1 heterocycles. The van der Waals surface area contributed by atoms with Gasteiger partial charge in [0.1, 0.15) is 5.82 Å². The summed E-state index contributed by atoms with van der Waals surface area (Å²) in [4.78, 5) is 17.7. The zero-order chi connectivity index (χ0) is 17.5. The van der Waals surface area contributed by atoms with Crippen molar-refractivity contribution in [2.24, 2.45) is 5.41 Å². The molecule has 2 aromatic rings. The highest BCUT2D eigenvalue weighted by molar-refractivity contribution is 5.93. The van der Waals surface area contributed by atoms with Gasteiger partial charge in [-0.3, -0.25) is 4.79 Å². The number of imidazole rings is 1. The normalized spacial score (nSPS) is 24.0. The van der Waals surface area contributed by atoms with E-state index < -0.39 is 0 Å². The first-order valence-electron chi connectivity index (χ1n) is 9.45. The molecule has 2 fully saturated rings. The van der Waals surface area contributed by atoms with Gasteiger partial charge in [-0.25, -0.2) is 4.98 Å². The Hall–Kier alpha value is -2.10. The van der Waals surface area contributed by atoms with Crippen LogP contribution < -0.4 is 5.32 Å². The Bertz CT molecular complexity index is 758. The van der Waals surface area contributed by atoms with E-state index >= 15 is 0 Å². The molecule has 4 rings (SSSR count). The molecule has 4 nitrogen and oxygen atoms in total. The van der Waals surface area contributed by atoms with E-state index in [-0.39, 0.29) is 16.7 Å². The number of carbonyl (C=O) groups excluding carboxylic acids is 1. The largest absolute Gasteiger partial charge is 0.348 e. The summed E-state index contributed by atoms with van der Waals surface area (Å²) < 4.78 is 2.12. The van der Waals surface area contributed by atoms with Crippen LogP contribution in [0.1, 0.15) is 63.4 Å². The van der Waals surface area contributed by atoms with E-state index in [1.54, 1.807) is 0 Å². The number of benzene rings is 1. The molecule has 2 aliphatic carbocycles. The van der Waals surface area contributed by atoms with Gasteiger partial charge < -0.3 is 9.88 Å². The highest BCUT2D eigenvalue weighted by atomic mass is 16.2. The minimum atomic E-state index is -0.333. The molecule has 0 bridgehead atoms. The maximum atomic E-state index is 13.3. The Balaban J connectivity index is 1.57. The molecule has 132 valence electrons. The number of nitrogens with one attached hydrogen (secondary N) is 1. The highest BCUT2D eigenvalue weighted by Crippen LogP contribution is 2.72. The van der Waals surface area contributed by atoms with Gasteiger partial charge in [0.25, 0.3) is 0 Å². The molecule has 1 N–H and O–H groups in total. The number of nitrogens with zero attached hydrogens (tertiary/aromatic N) is 2. The maximum Gasteiger partial charge on any atom is 0.231 e. The number of carbonyl (C=O) groups is 1. The van der Waals surface area contributed by atoms with Gasteiger partial charge in [0.15, 0.2) is 0 Å². The van der Waals surface area contributed by atoms with Crippen LogP contribution in [0.3, 0.4) is 0 Å². The molecule has 2 aliphatic rings. The third kappa shape index (κ3) is 2.50. The second kappa shape index (κ2) is 6.01. The van der Waals surface area contributed by atoms with Crippen LogP contribution in [-0.4, -0.2) is 15.5 Å². The maximum absolute atomic E-state index is 13.3. The van der Waals surface area contributed by atoms with Crippen molar-refractivity contribution in [3.63, 3.8) is 0 Å². The fourth-order valence-electron chi connectivity index (χ4n) is 4.96.